The molecule has 1 amide bonds. The molecule has 0 aliphatic carbocycles. The molecular formula is C15H24N2O. The third-order valence-corrected chi connectivity index (χ3v) is 3.23. The first-order valence-corrected chi connectivity index (χ1v) is 6.55. The van der Waals surface area contributed by atoms with Crippen LogP contribution in [-0.2, 0) is 4.79 Å². The lowest BCUT2D eigenvalue weighted by molar-refractivity contribution is -0.117. The summed E-state index contributed by atoms with van der Waals surface area (Å²) < 4.78 is 0. The summed E-state index contributed by atoms with van der Waals surface area (Å²) in [5.41, 5.74) is 3.16. The van der Waals surface area contributed by atoms with Crippen LogP contribution in [0.1, 0.15) is 31.9 Å². The molecule has 18 heavy (non-hydrogen) atoms. The van der Waals surface area contributed by atoms with E-state index < -0.39 is 0 Å². The van der Waals surface area contributed by atoms with E-state index >= 15 is 0 Å². The number of benzene rings is 1. The fourth-order valence-corrected chi connectivity index (χ4v) is 2.03. The van der Waals surface area contributed by atoms with Crippen molar-refractivity contribution in [2.75, 3.05) is 18.4 Å². The number of carbonyl (C=O) groups is 1. The van der Waals surface area contributed by atoms with Crippen molar-refractivity contribution in [2.45, 2.75) is 40.7 Å². The third kappa shape index (κ3) is 3.84. The Morgan fingerprint density at radius 1 is 1.28 bits per heavy atom. The van der Waals surface area contributed by atoms with Gasteiger partial charge >= 0.3 is 0 Å². The molecule has 0 bridgehead atoms. The average molecular weight is 248 g/mol. The van der Waals surface area contributed by atoms with Gasteiger partial charge in [-0.25, -0.2) is 0 Å². The minimum absolute atomic E-state index is 0.0583. The Labute approximate surface area is 110 Å². The van der Waals surface area contributed by atoms with Gasteiger partial charge in [0.25, 0.3) is 0 Å². The Morgan fingerprint density at radius 2 is 1.83 bits per heavy atom. The summed E-state index contributed by atoms with van der Waals surface area (Å²) >= 11 is 0. The van der Waals surface area contributed by atoms with E-state index in [9.17, 15) is 4.79 Å². The van der Waals surface area contributed by atoms with E-state index in [4.69, 9.17) is 0 Å². The number of hydrogen-bond donors (Lipinski definition) is 1. The highest BCUT2D eigenvalue weighted by molar-refractivity contribution is 5.93. The van der Waals surface area contributed by atoms with Crippen molar-refractivity contribution in [3.8, 4) is 0 Å². The fraction of sp³-hybridized carbons (Fsp3) is 0.533. The van der Waals surface area contributed by atoms with E-state index in [1.54, 1.807) is 0 Å². The van der Waals surface area contributed by atoms with Crippen LogP contribution in [0.3, 0.4) is 0 Å². The molecule has 3 heteroatoms. The molecule has 100 valence electrons. The maximum Gasteiger partial charge on any atom is 0.238 e. The highest BCUT2D eigenvalue weighted by Crippen LogP contribution is 2.19. The van der Waals surface area contributed by atoms with Gasteiger partial charge in [0.15, 0.2) is 0 Å². The topological polar surface area (TPSA) is 32.3 Å². The quantitative estimate of drug-likeness (QED) is 0.869. The Morgan fingerprint density at radius 3 is 2.28 bits per heavy atom. The molecule has 0 heterocycles. The van der Waals surface area contributed by atoms with Gasteiger partial charge in [-0.05, 0) is 45.4 Å². The molecule has 1 aromatic rings. The molecule has 0 radical (unpaired) electrons. The normalized spacial score (nSPS) is 11.1. The summed E-state index contributed by atoms with van der Waals surface area (Å²) in [5.74, 6) is 0.0583. The first-order valence-electron chi connectivity index (χ1n) is 6.55. The second-order valence-corrected chi connectivity index (χ2v) is 4.97. The van der Waals surface area contributed by atoms with Gasteiger partial charge in [0.1, 0.15) is 0 Å². The molecule has 0 aliphatic rings. The number of para-hydroxylation sites is 1. The zero-order valence-corrected chi connectivity index (χ0v) is 12.1. The van der Waals surface area contributed by atoms with Crippen LogP contribution in [0.25, 0.3) is 0 Å². The standard InChI is InChI=1S/C15H24N2O/c1-6-17(11(2)3)10-14(18)16-15-12(4)8-7-9-13(15)5/h7-9,11H,6,10H2,1-5H3,(H,16,18). The molecule has 0 atom stereocenters. The number of nitrogens with zero attached hydrogens (tertiary/aromatic N) is 1. The van der Waals surface area contributed by atoms with Crippen LogP contribution >= 0.6 is 0 Å². The van der Waals surface area contributed by atoms with Crippen molar-refractivity contribution < 1.29 is 4.79 Å². The van der Waals surface area contributed by atoms with Crippen molar-refractivity contribution >= 4 is 11.6 Å². The smallest absolute Gasteiger partial charge is 0.238 e. The lowest BCUT2D eigenvalue weighted by Gasteiger charge is -2.24. The zero-order chi connectivity index (χ0) is 13.7. The maximum absolute atomic E-state index is 12.0. The van der Waals surface area contributed by atoms with Crippen LogP contribution in [0.15, 0.2) is 18.2 Å². The Balaban J connectivity index is 2.70. The summed E-state index contributed by atoms with van der Waals surface area (Å²) in [5, 5.41) is 3.02. The number of anilines is 1. The van der Waals surface area contributed by atoms with Gasteiger partial charge in [-0.3, -0.25) is 9.69 Å². The fourth-order valence-electron chi connectivity index (χ4n) is 2.03. The zero-order valence-electron chi connectivity index (χ0n) is 12.1. The first kappa shape index (κ1) is 14.7. The number of nitrogens with one attached hydrogen (secondary N) is 1. The third-order valence-electron chi connectivity index (χ3n) is 3.23. The average Bonchev–Trinajstić information content (AvgIpc) is 2.30. The molecule has 0 saturated heterocycles. The number of carbonyl (C=O) groups excluding carboxylic acids is 1. The van der Waals surface area contributed by atoms with Gasteiger partial charge < -0.3 is 5.32 Å². The van der Waals surface area contributed by atoms with Crippen LogP contribution in [0.4, 0.5) is 5.69 Å². The van der Waals surface area contributed by atoms with E-state index in [-0.39, 0.29) is 5.91 Å². The second-order valence-electron chi connectivity index (χ2n) is 4.97. The van der Waals surface area contributed by atoms with Crippen LogP contribution in [0, 0.1) is 13.8 Å². The summed E-state index contributed by atoms with van der Waals surface area (Å²) in [4.78, 5) is 14.2. The van der Waals surface area contributed by atoms with Crippen LogP contribution in [0.5, 0.6) is 0 Å². The van der Waals surface area contributed by atoms with Gasteiger partial charge in [0, 0.05) is 11.7 Å². The molecular weight excluding hydrogens is 224 g/mol. The molecule has 0 saturated carbocycles. The summed E-state index contributed by atoms with van der Waals surface area (Å²) in [6.45, 7) is 11.7. The molecule has 0 fully saturated rings. The predicted molar refractivity (Wildman–Crippen MR) is 76.9 cm³/mol. The van der Waals surface area contributed by atoms with Gasteiger partial charge in [-0.2, -0.15) is 0 Å². The van der Waals surface area contributed by atoms with Crippen molar-refractivity contribution in [1.29, 1.82) is 0 Å². The van der Waals surface area contributed by atoms with Gasteiger partial charge in [-0.1, -0.05) is 25.1 Å². The van der Waals surface area contributed by atoms with E-state index in [0.717, 1.165) is 23.4 Å². The first-order chi connectivity index (χ1) is 8.45. The van der Waals surface area contributed by atoms with Crippen molar-refractivity contribution in [1.82, 2.24) is 4.90 Å². The second kappa shape index (κ2) is 6.55. The predicted octanol–water partition coefficient (Wildman–Crippen LogP) is 2.97. The summed E-state index contributed by atoms with van der Waals surface area (Å²) in [6.07, 6.45) is 0. The number of rotatable bonds is 5. The summed E-state index contributed by atoms with van der Waals surface area (Å²) in [7, 11) is 0. The summed E-state index contributed by atoms with van der Waals surface area (Å²) in [6, 6.07) is 6.43. The molecule has 1 N–H and O–H groups in total. The number of likely N-dealkylation sites (N-methyl/N-ethyl adjacent to an activating group) is 1. The molecule has 0 aliphatic heterocycles. The highest BCUT2D eigenvalue weighted by atomic mass is 16.2. The number of hydrogen-bond acceptors (Lipinski definition) is 2. The van der Waals surface area contributed by atoms with E-state index in [0.29, 0.717) is 12.6 Å². The van der Waals surface area contributed by atoms with Crippen LogP contribution in [-0.4, -0.2) is 29.9 Å². The Kier molecular flexibility index (Phi) is 5.35. The molecule has 0 spiro atoms. The maximum atomic E-state index is 12.0. The SMILES string of the molecule is CCN(CC(=O)Nc1c(C)cccc1C)C(C)C. The van der Waals surface area contributed by atoms with Crippen molar-refractivity contribution in [3.63, 3.8) is 0 Å². The lowest BCUT2D eigenvalue weighted by atomic mass is 10.1. The number of aryl methyl sites for hydroxylation is 2. The minimum atomic E-state index is 0.0583. The van der Waals surface area contributed by atoms with Crippen LogP contribution in [0.2, 0.25) is 0 Å². The lowest BCUT2D eigenvalue weighted by Crippen LogP contribution is -2.38. The van der Waals surface area contributed by atoms with Gasteiger partial charge in [0.2, 0.25) is 5.91 Å². The Hall–Kier alpha value is -1.35. The highest BCUT2D eigenvalue weighted by Gasteiger charge is 2.13. The molecule has 1 rings (SSSR count). The Bertz CT molecular complexity index is 393. The number of amides is 1. The van der Waals surface area contributed by atoms with E-state index in [1.165, 1.54) is 0 Å². The van der Waals surface area contributed by atoms with E-state index in [2.05, 4.69) is 31.0 Å². The van der Waals surface area contributed by atoms with Gasteiger partial charge in [-0.15, -0.1) is 0 Å². The molecule has 1 aromatic carbocycles. The van der Waals surface area contributed by atoms with Crippen molar-refractivity contribution in [3.05, 3.63) is 29.3 Å². The van der Waals surface area contributed by atoms with Crippen LogP contribution < -0.4 is 5.32 Å². The minimum Gasteiger partial charge on any atom is -0.324 e. The van der Waals surface area contributed by atoms with E-state index in [1.807, 2.05) is 32.0 Å². The molecule has 0 aromatic heterocycles. The largest absolute Gasteiger partial charge is 0.324 e. The van der Waals surface area contributed by atoms with Crippen molar-refractivity contribution in [2.24, 2.45) is 0 Å². The molecule has 0 unspecified atom stereocenters. The monoisotopic (exact) mass is 248 g/mol. The van der Waals surface area contributed by atoms with Gasteiger partial charge in [0.05, 0.1) is 6.54 Å². The molecule has 3 nitrogen and oxygen atoms in total.